The molecule has 11 nitrogen and oxygen atoms in total. The number of nitrogens with one attached hydrogen (secondary N) is 5. The summed E-state index contributed by atoms with van der Waals surface area (Å²) in [6, 6.07) is -1.67. The molecule has 0 unspecified atom stereocenters. The van der Waals surface area contributed by atoms with Crippen LogP contribution in [0.2, 0.25) is 0 Å². The average Bonchev–Trinajstić information content (AvgIpc) is 2.72. The minimum absolute atomic E-state index is 0.0418. The third-order valence-electron chi connectivity index (χ3n) is 4.14. The fourth-order valence-electron chi connectivity index (χ4n) is 2.35. The topological polar surface area (TPSA) is 155 Å². The molecule has 12 heteroatoms. The lowest BCUT2D eigenvalue weighted by molar-refractivity contribution is -0.132. The second kappa shape index (κ2) is 15.7. The van der Waals surface area contributed by atoms with Crippen LogP contribution in [0, 0.1) is 11.3 Å². The van der Waals surface area contributed by atoms with Crippen LogP contribution in [0.3, 0.4) is 0 Å². The van der Waals surface area contributed by atoms with Crippen LogP contribution in [-0.4, -0.2) is 72.5 Å². The van der Waals surface area contributed by atoms with E-state index in [-0.39, 0.29) is 55.8 Å². The highest BCUT2D eigenvalue weighted by Gasteiger charge is 2.26. The van der Waals surface area contributed by atoms with E-state index in [1.54, 1.807) is 13.8 Å². The van der Waals surface area contributed by atoms with Crippen LogP contribution in [0.5, 0.6) is 0 Å². The van der Waals surface area contributed by atoms with Crippen LogP contribution in [0.15, 0.2) is 0 Å². The quantitative estimate of drug-likeness (QED) is 0.121. The van der Waals surface area contributed by atoms with Gasteiger partial charge in [-0.1, -0.05) is 57.2 Å². The van der Waals surface area contributed by atoms with Gasteiger partial charge in [0.05, 0.1) is 11.0 Å². The van der Waals surface area contributed by atoms with Crippen molar-refractivity contribution >= 4 is 52.3 Å². The van der Waals surface area contributed by atoms with Gasteiger partial charge in [-0.2, -0.15) is 0 Å². The van der Waals surface area contributed by atoms with Gasteiger partial charge in [0, 0.05) is 26.1 Å². The van der Waals surface area contributed by atoms with Crippen molar-refractivity contribution < 1.29 is 28.7 Å². The molecule has 0 radical (unpaired) electrons. The van der Waals surface area contributed by atoms with Gasteiger partial charge in [0.2, 0.25) is 23.6 Å². The minimum atomic E-state index is -0.841. The highest BCUT2D eigenvalue weighted by atomic mass is 127. The van der Waals surface area contributed by atoms with E-state index in [2.05, 4.69) is 26.6 Å². The molecular formula is C21H38IN5O6. The molecule has 0 aliphatic heterocycles. The Bertz CT molecular complexity index is 681. The maximum Gasteiger partial charge on any atom is 0.407 e. The molecule has 190 valence electrons. The lowest BCUT2D eigenvalue weighted by atomic mass is 9.99. The van der Waals surface area contributed by atoms with Crippen LogP contribution >= 0.6 is 22.6 Å². The molecule has 0 rings (SSSR count). The van der Waals surface area contributed by atoms with Crippen LogP contribution in [0.1, 0.15) is 48.0 Å². The Balaban J connectivity index is 4.40. The second-order valence-corrected chi connectivity index (χ2v) is 9.87. The first kappa shape index (κ1) is 30.9. The highest BCUT2D eigenvalue weighted by Crippen LogP contribution is 2.12. The number of hydrogen-bond acceptors (Lipinski definition) is 6. The standard InChI is InChI=1S/C21H38IN5O6/c1-13(2)17(27-15(28)7-8-23-16(29)11-22)19(31)26-14(3)18(30)24-9-10-25-20(32)33-12-21(4,5)6/h13-14,17H,7-12H2,1-6H3,(H,23,29)(H,24,30)(H,25,32)(H,26,31)(H,27,28)/t14-,17-/m0/s1. The molecule has 5 amide bonds. The molecular weight excluding hydrogens is 545 g/mol. The Morgan fingerprint density at radius 2 is 1.42 bits per heavy atom. The van der Waals surface area contributed by atoms with Gasteiger partial charge < -0.3 is 31.3 Å². The van der Waals surface area contributed by atoms with Gasteiger partial charge in [-0.15, -0.1) is 0 Å². The Morgan fingerprint density at radius 3 is 1.97 bits per heavy atom. The van der Waals surface area contributed by atoms with Gasteiger partial charge in [-0.3, -0.25) is 19.2 Å². The van der Waals surface area contributed by atoms with Gasteiger partial charge in [0.25, 0.3) is 0 Å². The van der Waals surface area contributed by atoms with E-state index in [4.69, 9.17) is 4.74 Å². The van der Waals surface area contributed by atoms with Gasteiger partial charge in [0.15, 0.2) is 0 Å². The first-order valence-corrected chi connectivity index (χ1v) is 12.4. The second-order valence-electron chi connectivity index (χ2n) is 9.11. The summed E-state index contributed by atoms with van der Waals surface area (Å²) in [4.78, 5) is 59.8. The van der Waals surface area contributed by atoms with E-state index in [9.17, 15) is 24.0 Å². The van der Waals surface area contributed by atoms with Crippen molar-refractivity contribution in [1.82, 2.24) is 26.6 Å². The number of alkyl carbamates (subject to hydrolysis) is 1. The molecule has 0 bridgehead atoms. The smallest absolute Gasteiger partial charge is 0.407 e. The number of carbonyl (C=O) groups is 5. The van der Waals surface area contributed by atoms with E-state index in [0.717, 1.165) is 0 Å². The Hall–Kier alpha value is -2.12. The van der Waals surface area contributed by atoms with Crippen LogP contribution < -0.4 is 26.6 Å². The van der Waals surface area contributed by atoms with Crippen molar-refractivity contribution in [3.63, 3.8) is 0 Å². The Labute approximate surface area is 209 Å². The molecule has 0 saturated carbocycles. The highest BCUT2D eigenvalue weighted by molar-refractivity contribution is 14.1. The summed E-state index contributed by atoms with van der Waals surface area (Å²) in [6.45, 7) is 11.7. The molecule has 33 heavy (non-hydrogen) atoms. The van der Waals surface area contributed by atoms with E-state index < -0.39 is 30.0 Å². The van der Waals surface area contributed by atoms with Crippen molar-refractivity contribution in [2.24, 2.45) is 11.3 Å². The predicted molar refractivity (Wildman–Crippen MR) is 133 cm³/mol. The molecule has 2 atom stereocenters. The molecule has 0 heterocycles. The van der Waals surface area contributed by atoms with Crippen molar-refractivity contribution in [2.75, 3.05) is 30.7 Å². The summed E-state index contributed by atoms with van der Waals surface area (Å²) in [6.07, 6.45) is -0.523. The van der Waals surface area contributed by atoms with E-state index in [0.29, 0.717) is 4.43 Å². The zero-order chi connectivity index (χ0) is 25.6. The number of halogens is 1. The Kier molecular flexibility index (Phi) is 14.7. The summed E-state index contributed by atoms with van der Waals surface area (Å²) in [5, 5.41) is 13.0. The molecule has 0 aromatic rings. The van der Waals surface area contributed by atoms with Gasteiger partial charge >= 0.3 is 6.09 Å². The third-order valence-corrected chi connectivity index (χ3v) is 4.84. The summed E-state index contributed by atoms with van der Waals surface area (Å²) in [5.74, 6) is -1.67. The number of carbonyl (C=O) groups excluding carboxylic acids is 5. The molecule has 0 saturated heterocycles. The van der Waals surface area contributed by atoms with Crippen molar-refractivity contribution in [3.8, 4) is 0 Å². The number of rotatable bonds is 13. The molecule has 5 N–H and O–H groups in total. The Morgan fingerprint density at radius 1 is 0.818 bits per heavy atom. The molecule has 0 aromatic carbocycles. The SMILES string of the molecule is CC(C)[C@H](NC(=O)CCNC(=O)CI)C(=O)N[C@@H](C)C(=O)NCCNC(=O)OCC(C)(C)C. The number of alkyl halides is 1. The molecule has 0 fully saturated rings. The molecule has 0 spiro atoms. The lowest BCUT2D eigenvalue weighted by Crippen LogP contribution is -2.55. The van der Waals surface area contributed by atoms with Crippen molar-refractivity contribution in [2.45, 2.75) is 60.0 Å². The molecule has 0 aliphatic carbocycles. The summed E-state index contributed by atoms with van der Waals surface area (Å²) in [5.41, 5.74) is -0.142. The normalized spacial score (nSPS) is 12.8. The minimum Gasteiger partial charge on any atom is -0.449 e. The predicted octanol–water partition coefficient (Wildman–Crippen LogP) is 0.462. The molecule has 0 aliphatic rings. The first-order valence-electron chi connectivity index (χ1n) is 10.9. The molecule has 0 aromatic heterocycles. The number of amides is 5. The summed E-state index contributed by atoms with van der Waals surface area (Å²) >= 11 is 1.92. The summed E-state index contributed by atoms with van der Waals surface area (Å²) in [7, 11) is 0. The lowest BCUT2D eigenvalue weighted by Gasteiger charge is -2.24. The zero-order valence-corrected chi connectivity index (χ0v) is 22.5. The van der Waals surface area contributed by atoms with E-state index >= 15 is 0 Å². The van der Waals surface area contributed by atoms with Crippen LogP contribution in [-0.2, 0) is 23.9 Å². The first-order chi connectivity index (χ1) is 15.3. The van der Waals surface area contributed by atoms with Crippen molar-refractivity contribution in [3.05, 3.63) is 0 Å². The maximum absolute atomic E-state index is 12.6. The van der Waals surface area contributed by atoms with E-state index in [1.807, 2.05) is 43.4 Å². The largest absolute Gasteiger partial charge is 0.449 e. The number of ether oxygens (including phenoxy) is 1. The fourth-order valence-corrected chi connectivity index (χ4v) is 2.62. The number of hydrogen-bond donors (Lipinski definition) is 5. The maximum atomic E-state index is 12.6. The van der Waals surface area contributed by atoms with Crippen LogP contribution in [0.25, 0.3) is 0 Å². The average molecular weight is 583 g/mol. The van der Waals surface area contributed by atoms with Crippen molar-refractivity contribution in [1.29, 1.82) is 0 Å². The monoisotopic (exact) mass is 583 g/mol. The van der Waals surface area contributed by atoms with E-state index in [1.165, 1.54) is 6.92 Å². The van der Waals surface area contributed by atoms with Gasteiger partial charge in [-0.05, 0) is 18.3 Å². The third kappa shape index (κ3) is 15.4. The summed E-state index contributed by atoms with van der Waals surface area (Å²) < 4.78 is 5.36. The van der Waals surface area contributed by atoms with Gasteiger partial charge in [-0.25, -0.2) is 4.79 Å². The fraction of sp³-hybridized carbons (Fsp3) is 0.762. The van der Waals surface area contributed by atoms with Crippen LogP contribution in [0.4, 0.5) is 4.79 Å². The zero-order valence-electron chi connectivity index (χ0n) is 20.3. The van der Waals surface area contributed by atoms with Gasteiger partial charge in [0.1, 0.15) is 12.1 Å².